The number of rotatable bonds is 6. The zero-order valence-corrected chi connectivity index (χ0v) is 20.4. The number of amides is 1. The molecule has 5 rings (SSSR count). The van der Waals surface area contributed by atoms with E-state index in [1.54, 1.807) is 48.5 Å². The number of anilines is 1. The summed E-state index contributed by atoms with van der Waals surface area (Å²) < 4.78 is 16.9. The quantitative estimate of drug-likeness (QED) is 0.299. The maximum atomic E-state index is 13.4. The lowest BCUT2D eigenvalue weighted by Gasteiger charge is -2.27. The second-order valence-corrected chi connectivity index (χ2v) is 8.99. The van der Waals surface area contributed by atoms with Gasteiger partial charge < -0.3 is 19.3 Å². The van der Waals surface area contributed by atoms with Crippen LogP contribution in [0.25, 0.3) is 5.76 Å². The number of para-hydroxylation sites is 1. The molecule has 0 bridgehead atoms. The van der Waals surface area contributed by atoms with Crippen LogP contribution in [0.15, 0.2) is 72.3 Å². The number of aliphatic hydroxyl groups excluding tert-OH is 1. The molecule has 1 N–H and O–H groups in total. The van der Waals surface area contributed by atoms with Gasteiger partial charge in [0.15, 0.2) is 0 Å². The van der Waals surface area contributed by atoms with Crippen molar-refractivity contribution < 1.29 is 28.9 Å². The lowest BCUT2D eigenvalue weighted by molar-refractivity contribution is -0.132. The molecular formula is C29H27NO6. The van der Waals surface area contributed by atoms with E-state index in [0.717, 1.165) is 11.3 Å². The Kier molecular flexibility index (Phi) is 6.14. The van der Waals surface area contributed by atoms with Gasteiger partial charge in [-0.1, -0.05) is 18.2 Å². The largest absolute Gasteiger partial charge is 0.507 e. The number of benzene rings is 3. The van der Waals surface area contributed by atoms with Crippen molar-refractivity contribution in [2.75, 3.05) is 18.6 Å². The minimum absolute atomic E-state index is 0.00335. The average Bonchev–Trinajstić information content (AvgIpc) is 3.45. The molecule has 0 saturated carbocycles. The number of nitrogens with zero attached hydrogens (tertiary/aromatic N) is 1. The molecule has 7 nitrogen and oxygen atoms in total. The third-order valence-corrected chi connectivity index (χ3v) is 6.33. The molecule has 1 amide bonds. The van der Waals surface area contributed by atoms with Gasteiger partial charge in [-0.25, -0.2) is 0 Å². The van der Waals surface area contributed by atoms with Crippen LogP contribution in [0.5, 0.6) is 17.2 Å². The average molecular weight is 486 g/mol. The van der Waals surface area contributed by atoms with E-state index in [0.29, 0.717) is 41.3 Å². The number of fused-ring (bicyclic) bond motifs is 1. The maximum Gasteiger partial charge on any atom is 0.300 e. The molecule has 2 heterocycles. The van der Waals surface area contributed by atoms with Crippen LogP contribution in [0.3, 0.4) is 0 Å². The van der Waals surface area contributed by atoms with Gasteiger partial charge in [-0.05, 0) is 67.9 Å². The number of methoxy groups -OCH3 is 1. The van der Waals surface area contributed by atoms with E-state index >= 15 is 0 Å². The summed E-state index contributed by atoms with van der Waals surface area (Å²) in [5.41, 5.74) is 2.50. The smallest absolute Gasteiger partial charge is 0.300 e. The van der Waals surface area contributed by atoms with E-state index in [2.05, 4.69) is 0 Å². The lowest BCUT2D eigenvalue weighted by atomic mass is 9.94. The van der Waals surface area contributed by atoms with Crippen LogP contribution in [-0.2, 0) is 16.0 Å². The summed E-state index contributed by atoms with van der Waals surface area (Å²) in [6.07, 6.45) is 0.710. The fourth-order valence-electron chi connectivity index (χ4n) is 4.73. The molecule has 2 aliphatic heterocycles. The van der Waals surface area contributed by atoms with Crippen LogP contribution in [0.1, 0.15) is 36.6 Å². The monoisotopic (exact) mass is 485 g/mol. The van der Waals surface area contributed by atoms with Gasteiger partial charge in [0.2, 0.25) is 0 Å². The van der Waals surface area contributed by atoms with Crippen LogP contribution in [0.2, 0.25) is 0 Å². The van der Waals surface area contributed by atoms with Crippen molar-refractivity contribution in [3.63, 3.8) is 0 Å². The van der Waals surface area contributed by atoms with Gasteiger partial charge in [0.1, 0.15) is 23.0 Å². The standard InChI is InChI=1S/C29H27NO6/c1-17(2)36-21-11-9-20(10-12-21)30-26(22-6-4-5-7-24(22)34-3)25(28(32)29(30)33)27(31)19-8-13-23-18(16-19)14-15-35-23/h4-13,16-17,26,31H,14-15H2,1-3H3/b27-25+. The van der Waals surface area contributed by atoms with Gasteiger partial charge in [-0.15, -0.1) is 0 Å². The Morgan fingerprint density at radius 1 is 1.06 bits per heavy atom. The second-order valence-electron chi connectivity index (χ2n) is 8.99. The zero-order valence-electron chi connectivity index (χ0n) is 20.4. The van der Waals surface area contributed by atoms with Crippen LogP contribution >= 0.6 is 0 Å². The Balaban J connectivity index is 1.67. The Bertz CT molecular complexity index is 1360. The Morgan fingerprint density at radius 2 is 1.81 bits per heavy atom. The maximum absolute atomic E-state index is 13.4. The zero-order chi connectivity index (χ0) is 25.4. The predicted molar refractivity (Wildman–Crippen MR) is 136 cm³/mol. The van der Waals surface area contributed by atoms with Crippen molar-refractivity contribution >= 4 is 23.1 Å². The molecule has 2 aliphatic rings. The second kappa shape index (κ2) is 9.41. The highest BCUT2D eigenvalue weighted by molar-refractivity contribution is 6.51. The minimum Gasteiger partial charge on any atom is -0.507 e. The van der Waals surface area contributed by atoms with E-state index in [4.69, 9.17) is 14.2 Å². The molecule has 7 heteroatoms. The Morgan fingerprint density at radius 3 is 2.53 bits per heavy atom. The van der Waals surface area contributed by atoms with Crippen molar-refractivity contribution in [3.05, 3.63) is 89.0 Å². The molecule has 1 atom stereocenters. The minimum atomic E-state index is -0.887. The fraction of sp³-hybridized carbons (Fsp3) is 0.241. The number of hydrogen-bond acceptors (Lipinski definition) is 6. The van der Waals surface area contributed by atoms with Crippen LogP contribution < -0.4 is 19.1 Å². The highest BCUT2D eigenvalue weighted by atomic mass is 16.5. The van der Waals surface area contributed by atoms with Crippen molar-refractivity contribution in [2.24, 2.45) is 0 Å². The summed E-state index contributed by atoms with van der Waals surface area (Å²) in [7, 11) is 1.53. The summed E-state index contributed by atoms with van der Waals surface area (Å²) in [4.78, 5) is 28.3. The third kappa shape index (κ3) is 4.06. The molecule has 0 radical (unpaired) electrons. The van der Waals surface area contributed by atoms with E-state index in [-0.39, 0.29) is 17.4 Å². The first-order chi connectivity index (χ1) is 17.4. The highest BCUT2D eigenvalue weighted by Gasteiger charge is 2.48. The lowest BCUT2D eigenvalue weighted by Crippen LogP contribution is -2.29. The molecule has 1 fully saturated rings. The van der Waals surface area contributed by atoms with Crippen molar-refractivity contribution in [1.82, 2.24) is 0 Å². The summed E-state index contributed by atoms with van der Waals surface area (Å²) in [5, 5.41) is 11.4. The van der Waals surface area contributed by atoms with Gasteiger partial charge >= 0.3 is 0 Å². The molecule has 0 spiro atoms. The first kappa shape index (κ1) is 23.5. The molecule has 0 aliphatic carbocycles. The molecule has 1 saturated heterocycles. The van der Waals surface area contributed by atoms with Crippen LogP contribution in [-0.4, -0.2) is 36.6 Å². The van der Waals surface area contributed by atoms with Crippen LogP contribution in [0.4, 0.5) is 5.69 Å². The van der Waals surface area contributed by atoms with E-state index < -0.39 is 17.7 Å². The highest BCUT2D eigenvalue weighted by Crippen LogP contribution is 2.45. The molecule has 36 heavy (non-hydrogen) atoms. The number of ketones is 1. The Labute approximate surface area is 209 Å². The molecule has 0 aromatic heterocycles. The number of carbonyl (C=O) groups is 2. The summed E-state index contributed by atoms with van der Waals surface area (Å²) in [6.45, 7) is 4.43. The van der Waals surface area contributed by atoms with Gasteiger partial charge in [-0.2, -0.15) is 0 Å². The summed E-state index contributed by atoms with van der Waals surface area (Å²) >= 11 is 0. The summed E-state index contributed by atoms with van der Waals surface area (Å²) in [5.74, 6) is 0.192. The van der Waals surface area contributed by atoms with Gasteiger partial charge in [0, 0.05) is 23.2 Å². The number of aliphatic hydroxyl groups is 1. The third-order valence-electron chi connectivity index (χ3n) is 6.33. The van der Waals surface area contributed by atoms with Crippen molar-refractivity contribution in [2.45, 2.75) is 32.4 Å². The number of Topliss-reactive ketones (excluding diaryl/α,β-unsaturated/α-hetero) is 1. The van der Waals surface area contributed by atoms with Crippen molar-refractivity contribution in [3.8, 4) is 17.2 Å². The van der Waals surface area contributed by atoms with E-state index in [9.17, 15) is 14.7 Å². The summed E-state index contributed by atoms with van der Waals surface area (Å²) in [6, 6.07) is 18.6. The van der Waals surface area contributed by atoms with E-state index in [1.165, 1.54) is 12.0 Å². The molecule has 3 aromatic rings. The SMILES string of the molecule is COc1ccccc1C1/C(=C(\O)c2ccc3c(c2)CCO3)C(=O)C(=O)N1c1ccc(OC(C)C)cc1. The fourth-order valence-corrected chi connectivity index (χ4v) is 4.73. The molecule has 184 valence electrons. The van der Waals surface area contributed by atoms with Gasteiger partial charge in [0.25, 0.3) is 11.7 Å². The molecule has 3 aromatic carbocycles. The first-order valence-corrected chi connectivity index (χ1v) is 11.9. The van der Waals surface area contributed by atoms with Gasteiger partial charge in [0.05, 0.1) is 31.4 Å². The van der Waals surface area contributed by atoms with Crippen LogP contribution in [0, 0.1) is 0 Å². The normalized spacial score (nSPS) is 18.3. The number of carbonyl (C=O) groups excluding carboxylic acids is 2. The molecular weight excluding hydrogens is 458 g/mol. The molecule has 1 unspecified atom stereocenters. The van der Waals surface area contributed by atoms with E-state index in [1.807, 2.05) is 32.0 Å². The van der Waals surface area contributed by atoms with Gasteiger partial charge in [-0.3, -0.25) is 14.5 Å². The predicted octanol–water partition coefficient (Wildman–Crippen LogP) is 5.04. The number of hydrogen-bond donors (Lipinski definition) is 1. The van der Waals surface area contributed by atoms with Crippen molar-refractivity contribution in [1.29, 1.82) is 0 Å². The number of ether oxygens (including phenoxy) is 3. The topological polar surface area (TPSA) is 85.3 Å². The Hall–Kier alpha value is -4.26. The first-order valence-electron chi connectivity index (χ1n) is 11.9.